The lowest BCUT2D eigenvalue weighted by Crippen LogP contribution is -2.24. The van der Waals surface area contributed by atoms with Crippen molar-refractivity contribution in [1.82, 2.24) is 9.97 Å². The molecule has 6 nitrogen and oxygen atoms in total. The van der Waals surface area contributed by atoms with Gasteiger partial charge in [-0.25, -0.2) is 4.98 Å². The molecule has 1 saturated carbocycles. The van der Waals surface area contributed by atoms with Crippen molar-refractivity contribution in [3.05, 3.63) is 47.9 Å². The molecule has 0 aromatic carbocycles. The quantitative estimate of drug-likeness (QED) is 0.741. The molecule has 2 unspecified atom stereocenters. The lowest BCUT2D eigenvalue weighted by atomic mass is 10.1. The van der Waals surface area contributed by atoms with Gasteiger partial charge in [0.1, 0.15) is 5.82 Å². The van der Waals surface area contributed by atoms with Crippen molar-refractivity contribution in [2.45, 2.75) is 31.5 Å². The standard InChI is InChI=1S/C18H19F3N4O2/c19-18(20,21)12-7-13(10-22-9-12)25-17(27)14-4-2-6-23-16(14)24-8-11-3-1-5-15(11)26/h2,4,6-7,9-11,15,26H,1,3,5,8H2,(H,23,24)(H,25,27). The summed E-state index contributed by atoms with van der Waals surface area (Å²) < 4.78 is 38.3. The van der Waals surface area contributed by atoms with Gasteiger partial charge in [-0.05, 0) is 31.0 Å². The van der Waals surface area contributed by atoms with Gasteiger partial charge in [-0.3, -0.25) is 9.78 Å². The topological polar surface area (TPSA) is 87.1 Å². The Balaban J connectivity index is 1.72. The first-order valence-electron chi connectivity index (χ1n) is 8.55. The Kier molecular flexibility index (Phi) is 5.59. The van der Waals surface area contributed by atoms with Gasteiger partial charge < -0.3 is 15.7 Å². The fourth-order valence-corrected chi connectivity index (χ4v) is 3.07. The zero-order valence-electron chi connectivity index (χ0n) is 14.3. The third-order valence-corrected chi connectivity index (χ3v) is 4.53. The smallest absolute Gasteiger partial charge is 0.393 e. The molecule has 0 aliphatic heterocycles. The van der Waals surface area contributed by atoms with E-state index in [-0.39, 0.29) is 23.3 Å². The molecule has 1 aliphatic rings. The molecule has 2 atom stereocenters. The van der Waals surface area contributed by atoms with Crippen LogP contribution in [-0.2, 0) is 6.18 Å². The Labute approximate surface area is 153 Å². The molecule has 3 N–H and O–H groups in total. The largest absolute Gasteiger partial charge is 0.417 e. The Bertz CT molecular complexity index is 813. The normalized spacial score (nSPS) is 19.7. The number of pyridine rings is 2. The van der Waals surface area contributed by atoms with E-state index in [1.54, 1.807) is 6.07 Å². The van der Waals surface area contributed by atoms with Crippen LogP contribution in [-0.4, -0.2) is 33.6 Å². The van der Waals surface area contributed by atoms with Crippen molar-refractivity contribution in [1.29, 1.82) is 0 Å². The van der Waals surface area contributed by atoms with Gasteiger partial charge in [0.2, 0.25) is 0 Å². The fourth-order valence-electron chi connectivity index (χ4n) is 3.07. The Morgan fingerprint density at radius 3 is 2.81 bits per heavy atom. The van der Waals surface area contributed by atoms with Gasteiger partial charge in [0.15, 0.2) is 0 Å². The van der Waals surface area contributed by atoms with Crippen molar-refractivity contribution in [3.63, 3.8) is 0 Å². The first-order valence-corrected chi connectivity index (χ1v) is 8.55. The molecule has 1 aliphatic carbocycles. The van der Waals surface area contributed by atoms with Crippen LogP contribution in [0.1, 0.15) is 35.2 Å². The molecule has 144 valence electrons. The fraction of sp³-hybridized carbons (Fsp3) is 0.389. The Hall–Kier alpha value is -2.68. The number of aromatic nitrogens is 2. The Morgan fingerprint density at radius 1 is 1.30 bits per heavy atom. The van der Waals surface area contributed by atoms with E-state index in [0.29, 0.717) is 18.6 Å². The second-order valence-electron chi connectivity index (χ2n) is 6.45. The van der Waals surface area contributed by atoms with E-state index < -0.39 is 17.6 Å². The second-order valence-corrected chi connectivity index (χ2v) is 6.45. The number of carbonyl (C=O) groups excluding carboxylic acids is 1. The van der Waals surface area contributed by atoms with Gasteiger partial charge in [-0.1, -0.05) is 6.42 Å². The molecule has 2 aromatic heterocycles. The zero-order chi connectivity index (χ0) is 19.4. The average Bonchev–Trinajstić information content (AvgIpc) is 3.04. The number of aliphatic hydroxyl groups excluding tert-OH is 1. The van der Waals surface area contributed by atoms with Gasteiger partial charge in [0.05, 0.1) is 29.1 Å². The number of halogens is 3. The van der Waals surface area contributed by atoms with Crippen molar-refractivity contribution >= 4 is 17.4 Å². The van der Waals surface area contributed by atoms with Crippen LogP contribution in [0.25, 0.3) is 0 Å². The minimum Gasteiger partial charge on any atom is -0.393 e. The van der Waals surface area contributed by atoms with Crippen LogP contribution in [0.3, 0.4) is 0 Å². The number of aliphatic hydroxyl groups is 1. The maximum absolute atomic E-state index is 12.8. The molecule has 9 heteroatoms. The molecule has 0 spiro atoms. The van der Waals surface area contributed by atoms with Crippen LogP contribution >= 0.6 is 0 Å². The zero-order valence-corrected chi connectivity index (χ0v) is 14.3. The first-order chi connectivity index (χ1) is 12.8. The van der Waals surface area contributed by atoms with Crippen LogP contribution in [0.4, 0.5) is 24.7 Å². The summed E-state index contributed by atoms with van der Waals surface area (Å²) in [5.41, 5.74) is -0.807. The summed E-state index contributed by atoms with van der Waals surface area (Å²) >= 11 is 0. The van der Waals surface area contributed by atoms with E-state index in [1.165, 1.54) is 12.3 Å². The molecular weight excluding hydrogens is 361 g/mol. The van der Waals surface area contributed by atoms with Gasteiger partial charge in [0, 0.05) is 24.9 Å². The SMILES string of the molecule is O=C(Nc1cncc(C(F)(F)F)c1)c1cccnc1NCC1CCCC1O. The van der Waals surface area contributed by atoms with Gasteiger partial charge in [0.25, 0.3) is 5.91 Å². The van der Waals surface area contributed by atoms with Gasteiger partial charge in [-0.15, -0.1) is 0 Å². The minimum absolute atomic E-state index is 0.0594. The maximum atomic E-state index is 12.8. The van der Waals surface area contributed by atoms with Crippen molar-refractivity contribution < 1.29 is 23.1 Å². The maximum Gasteiger partial charge on any atom is 0.417 e. The van der Waals surface area contributed by atoms with E-state index in [2.05, 4.69) is 20.6 Å². The highest BCUT2D eigenvalue weighted by Gasteiger charge is 2.31. The number of hydrogen-bond donors (Lipinski definition) is 3. The summed E-state index contributed by atoms with van der Waals surface area (Å²) in [6.45, 7) is 0.462. The first kappa shape index (κ1) is 19.1. The van der Waals surface area contributed by atoms with Crippen LogP contribution < -0.4 is 10.6 Å². The number of rotatable bonds is 5. The molecule has 27 heavy (non-hydrogen) atoms. The summed E-state index contributed by atoms with van der Waals surface area (Å²) in [7, 11) is 0. The predicted molar refractivity (Wildman–Crippen MR) is 93.3 cm³/mol. The minimum atomic E-state index is -4.54. The van der Waals surface area contributed by atoms with Crippen molar-refractivity contribution in [2.75, 3.05) is 17.2 Å². The third kappa shape index (κ3) is 4.73. The van der Waals surface area contributed by atoms with E-state index in [9.17, 15) is 23.1 Å². The summed E-state index contributed by atoms with van der Waals surface area (Å²) in [6.07, 6.45) is 1.02. The number of carbonyl (C=O) groups is 1. The highest BCUT2D eigenvalue weighted by Crippen LogP contribution is 2.30. The van der Waals surface area contributed by atoms with E-state index >= 15 is 0 Å². The number of amides is 1. The second kappa shape index (κ2) is 7.91. The lowest BCUT2D eigenvalue weighted by Gasteiger charge is -2.17. The van der Waals surface area contributed by atoms with E-state index in [0.717, 1.165) is 31.5 Å². The highest BCUT2D eigenvalue weighted by atomic mass is 19.4. The molecule has 0 bridgehead atoms. The number of anilines is 2. The molecule has 3 rings (SSSR count). The van der Waals surface area contributed by atoms with Crippen LogP contribution in [0.2, 0.25) is 0 Å². The molecule has 2 aromatic rings. The van der Waals surface area contributed by atoms with Crippen LogP contribution in [0.5, 0.6) is 0 Å². The highest BCUT2D eigenvalue weighted by molar-refractivity contribution is 6.07. The molecule has 0 saturated heterocycles. The molecular formula is C18H19F3N4O2. The van der Waals surface area contributed by atoms with Crippen molar-refractivity contribution in [3.8, 4) is 0 Å². The van der Waals surface area contributed by atoms with Crippen LogP contribution in [0, 0.1) is 5.92 Å². The third-order valence-electron chi connectivity index (χ3n) is 4.53. The monoisotopic (exact) mass is 380 g/mol. The number of nitrogens with one attached hydrogen (secondary N) is 2. The van der Waals surface area contributed by atoms with Gasteiger partial charge in [-0.2, -0.15) is 13.2 Å². The van der Waals surface area contributed by atoms with E-state index in [1.807, 2.05) is 0 Å². The average molecular weight is 380 g/mol. The molecule has 1 amide bonds. The Morgan fingerprint density at radius 2 is 2.11 bits per heavy atom. The van der Waals surface area contributed by atoms with Crippen LogP contribution in [0.15, 0.2) is 36.8 Å². The summed E-state index contributed by atoms with van der Waals surface area (Å²) in [5.74, 6) is -0.205. The summed E-state index contributed by atoms with van der Waals surface area (Å²) in [6, 6.07) is 3.91. The summed E-state index contributed by atoms with van der Waals surface area (Å²) in [4.78, 5) is 20.2. The number of alkyl halides is 3. The number of nitrogens with zero attached hydrogens (tertiary/aromatic N) is 2. The van der Waals surface area contributed by atoms with E-state index in [4.69, 9.17) is 0 Å². The lowest BCUT2D eigenvalue weighted by molar-refractivity contribution is -0.137. The van der Waals surface area contributed by atoms with Gasteiger partial charge >= 0.3 is 6.18 Å². The van der Waals surface area contributed by atoms with Crippen molar-refractivity contribution in [2.24, 2.45) is 5.92 Å². The molecule has 0 radical (unpaired) electrons. The predicted octanol–water partition coefficient (Wildman–Crippen LogP) is 3.32. The molecule has 1 fully saturated rings. The summed E-state index contributed by atoms with van der Waals surface area (Å²) in [5, 5.41) is 15.4. The number of hydrogen-bond acceptors (Lipinski definition) is 5. The molecule has 2 heterocycles.